The van der Waals surface area contributed by atoms with Crippen LogP contribution in [0.5, 0.6) is 0 Å². The van der Waals surface area contributed by atoms with E-state index in [2.05, 4.69) is 16.8 Å². The molecule has 1 N–H and O–H groups in total. The summed E-state index contributed by atoms with van der Waals surface area (Å²) in [5, 5.41) is 8.00. The number of nitrogens with zero attached hydrogens (tertiary/aromatic N) is 2. The summed E-state index contributed by atoms with van der Waals surface area (Å²) in [5.41, 5.74) is 0.918. The molecule has 1 atom stereocenters. The Hall–Kier alpha value is -1.12. The monoisotopic (exact) mass is 193 g/mol. The highest BCUT2D eigenvalue weighted by atomic mass is 15.2. The van der Waals surface area contributed by atoms with Gasteiger partial charge < -0.3 is 4.90 Å². The number of nitrogens with one attached hydrogen (secondary N) is 1. The van der Waals surface area contributed by atoms with Gasteiger partial charge in [-0.1, -0.05) is 13.0 Å². The van der Waals surface area contributed by atoms with Crippen molar-refractivity contribution in [1.29, 1.82) is 5.41 Å². The second-order valence-electron chi connectivity index (χ2n) is 3.82. The fourth-order valence-electron chi connectivity index (χ4n) is 1.73. The Morgan fingerprint density at radius 1 is 1.57 bits per heavy atom. The average Bonchev–Trinajstić information content (AvgIpc) is 2.60. The van der Waals surface area contributed by atoms with E-state index < -0.39 is 0 Å². The number of hydrogen-bond donors (Lipinski definition) is 1. The van der Waals surface area contributed by atoms with Crippen molar-refractivity contribution >= 4 is 12.1 Å². The van der Waals surface area contributed by atoms with Gasteiger partial charge in [0.2, 0.25) is 0 Å². The van der Waals surface area contributed by atoms with Gasteiger partial charge in [0.1, 0.15) is 5.84 Å². The van der Waals surface area contributed by atoms with Gasteiger partial charge in [0, 0.05) is 31.9 Å². The van der Waals surface area contributed by atoms with E-state index in [4.69, 9.17) is 5.41 Å². The van der Waals surface area contributed by atoms with Crippen LogP contribution in [0.2, 0.25) is 0 Å². The molecule has 0 bridgehead atoms. The van der Waals surface area contributed by atoms with Crippen LogP contribution < -0.4 is 0 Å². The quantitative estimate of drug-likeness (QED) is 0.528. The van der Waals surface area contributed by atoms with Gasteiger partial charge in [-0.25, -0.2) is 0 Å². The fraction of sp³-hybridized carbons (Fsp3) is 0.636. The SMILES string of the molecule is C/C=C(\C=N/C)C(=N)N1CCC(C)C1. The average molecular weight is 193 g/mol. The molecule has 0 amide bonds. The van der Waals surface area contributed by atoms with E-state index in [0.717, 1.165) is 18.7 Å². The maximum atomic E-state index is 8.00. The molecule has 1 aliphatic heterocycles. The first-order valence-corrected chi connectivity index (χ1v) is 5.11. The fourth-order valence-corrected chi connectivity index (χ4v) is 1.73. The largest absolute Gasteiger partial charge is 0.356 e. The normalized spacial score (nSPS) is 23.5. The number of rotatable bonds is 2. The van der Waals surface area contributed by atoms with Crippen LogP contribution in [0.4, 0.5) is 0 Å². The van der Waals surface area contributed by atoms with Crippen LogP contribution in [-0.4, -0.2) is 37.1 Å². The van der Waals surface area contributed by atoms with E-state index in [-0.39, 0.29) is 0 Å². The van der Waals surface area contributed by atoms with Gasteiger partial charge in [-0.2, -0.15) is 0 Å². The number of allylic oxidation sites excluding steroid dienone is 1. The standard InChI is InChI=1S/C11H19N3/c1-4-10(7-13-3)11(12)14-6-5-9(2)8-14/h4,7,9,12H,5-6,8H2,1-3H3/b10-4+,12-11?,13-7-. The van der Waals surface area contributed by atoms with E-state index in [1.165, 1.54) is 6.42 Å². The molecule has 0 spiro atoms. The lowest BCUT2D eigenvalue weighted by Crippen LogP contribution is -2.29. The molecule has 1 fully saturated rings. The predicted octanol–water partition coefficient (Wildman–Crippen LogP) is 1.95. The summed E-state index contributed by atoms with van der Waals surface area (Å²) in [6.45, 7) is 6.20. The third kappa shape index (κ3) is 2.44. The zero-order chi connectivity index (χ0) is 10.6. The maximum Gasteiger partial charge on any atom is 0.129 e. The highest BCUT2D eigenvalue weighted by Gasteiger charge is 2.21. The molecule has 1 heterocycles. The summed E-state index contributed by atoms with van der Waals surface area (Å²) in [6, 6.07) is 0. The van der Waals surface area contributed by atoms with Crippen LogP contribution in [0.25, 0.3) is 0 Å². The summed E-state index contributed by atoms with van der Waals surface area (Å²) in [7, 11) is 1.74. The smallest absolute Gasteiger partial charge is 0.129 e. The highest BCUT2D eigenvalue weighted by Crippen LogP contribution is 2.16. The first-order valence-electron chi connectivity index (χ1n) is 5.11. The Morgan fingerprint density at radius 2 is 2.29 bits per heavy atom. The number of amidine groups is 1. The van der Waals surface area contributed by atoms with Crippen molar-refractivity contribution in [3.8, 4) is 0 Å². The summed E-state index contributed by atoms with van der Waals surface area (Å²) < 4.78 is 0. The first kappa shape index (κ1) is 11.0. The molecule has 3 nitrogen and oxygen atoms in total. The van der Waals surface area contributed by atoms with Crippen LogP contribution >= 0.6 is 0 Å². The van der Waals surface area contributed by atoms with E-state index in [0.29, 0.717) is 11.8 Å². The number of aliphatic imine (C=N–C) groups is 1. The first-order chi connectivity index (χ1) is 6.69. The van der Waals surface area contributed by atoms with Crippen molar-refractivity contribution in [3.05, 3.63) is 11.6 Å². The molecule has 0 aromatic carbocycles. The molecule has 78 valence electrons. The number of likely N-dealkylation sites (tertiary alicyclic amines) is 1. The lowest BCUT2D eigenvalue weighted by molar-refractivity contribution is 0.492. The lowest BCUT2D eigenvalue weighted by atomic mass is 10.2. The summed E-state index contributed by atoms with van der Waals surface area (Å²) in [6.07, 6.45) is 4.90. The lowest BCUT2D eigenvalue weighted by Gasteiger charge is -2.19. The molecule has 3 heteroatoms. The van der Waals surface area contributed by atoms with Gasteiger partial charge in [0.25, 0.3) is 0 Å². The second-order valence-corrected chi connectivity index (χ2v) is 3.82. The molecule has 0 saturated carbocycles. The Kier molecular flexibility index (Phi) is 3.86. The van der Waals surface area contributed by atoms with E-state index in [1.807, 2.05) is 13.0 Å². The third-order valence-electron chi connectivity index (χ3n) is 2.59. The molecule has 0 aromatic rings. The molecule has 0 radical (unpaired) electrons. The molecule has 1 aliphatic rings. The van der Waals surface area contributed by atoms with E-state index in [1.54, 1.807) is 13.3 Å². The van der Waals surface area contributed by atoms with Gasteiger partial charge in [-0.3, -0.25) is 10.4 Å². The van der Waals surface area contributed by atoms with Crippen molar-refractivity contribution in [2.24, 2.45) is 10.9 Å². The third-order valence-corrected chi connectivity index (χ3v) is 2.59. The molecular weight excluding hydrogens is 174 g/mol. The van der Waals surface area contributed by atoms with Crippen molar-refractivity contribution < 1.29 is 0 Å². The van der Waals surface area contributed by atoms with Crippen LogP contribution in [-0.2, 0) is 0 Å². The van der Waals surface area contributed by atoms with Gasteiger partial charge in [0.15, 0.2) is 0 Å². The van der Waals surface area contributed by atoms with Gasteiger partial charge in [-0.05, 0) is 19.3 Å². The summed E-state index contributed by atoms with van der Waals surface area (Å²) in [4.78, 5) is 6.08. The summed E-state index contributed by atoms with van der Waals surface area (Å²) >= 11 is 0. The van der Waals surface area contributed by atoms with Crippen LogP contribution in [0.1, 0.15) is 20.3 Å². The molecule has 1 unspecified atom stereocenters. The number of hydrogen-bond acceptors (Lipinski definition) is 2. The Labute approximate surface area is 86.0 Å². The van der Waals surface area contributed by atoms with Crippen molar-refractivity contribution in [1.82, 2.24) is 4.90 Å². The van der Waals surface area contributed by atoms with Gasteiger partial charge in [-0.15, -0.1) is 0 Å². The summed E-state index contributed by atoms with van der Waals surface area (Å²) in [5.74, 6) is 1.33. The zero-order valence-electron chi connectivity index (χ0n) is 9.25. The highest BCUT2D eigenvalue weighted by molar-refractivity contribution is 6.13. The maximum absolute atomic E-state index is 8.00. The molecule has 14 heavy (non-hydrogen) atoms. The molecular formula is C11H19N3. The van der Waals surface area contributed by atoms with Crippen molar-refractivity contribution in [2.45, 2.75) is 20.3 Å². The topological polar surface area (TPSA) is 39.5 Å². The minimum absolute atomic E-state index is 0.613. The van der Waals surface area contributed by atoms with Crippen LogP contribution in [0.3, 0.4) is 0 Å². The minimum Gasteiger partial charge on any atom is -0.356 e. The van der Waals surface area contributed by atoms with E-state index >= 15 is 0 Å². The van der Waals surface area contributed by atoms with Gasteiger partial charge >= 0.3 is 0 Å². The Balaban J connectivity index is 2.64. The van der Waals surface area contributed by atoms with Crippen LogP contribution in [0.15, 0.2) is 16.6 Å². The van der Waals surface area contributed by atoms with Gasteiger partial charge in [0.05, 0.1) is 0 Å². The Morgan fingerprint density at radius 3 is 2.71 bits per heavy atom. The van der Waals surface area contributed by atoms with Crippen LogP contribution in [0, 0.1) is 11.3 Å². The van der Waals surface area contributed by atoms with Crippen molar-refractivity contribution in [2.75, 3.05) is 20.1 Å². The Bertz CT molecular complexity index is 266. The van der Waals surface area contributed by atoms with Crippen molar-refractivity contribution in [3.63, 3.8) is 0 Å². The molecule has 0 aliphatic carbocycles. The second kappa shape index (κ2) is 4.94. The zero-order valence-corrected chi connectivity index (χ0v) is 9.25. The van der Waals surface area contributed by atoms with E-state index in [9.17, 15) is 0 Å². The molecule has 1 rings (SSSR count). The predicted molar refractivity (Wildman–Crippen MR) is 61.3 cm³/mol. The minimum atomic E-state index is 0.613. The molecule has 0 aromatic heterocycles. The molecule has 1 saturated heterocycles.